The summed E-state index contributed by atoms with van der Waals surface area (Å²) in [5, 5.41) is 2.96. The van der Waals surface area contributed by atoms with E-state index in [0.29, 0.717) is 11.8 Å². The van der Waals surface area contributed by atoms with Crippen molar-refractivity contribution in [3.63, 3.8) is 0 Å². The molecule has 23 heavy (non-hydrogen) atoms. The van der Waals surface area contributed by atoms with E-state index in [2.05, 4.69) is 42.3 Å². The summed E-state index contributed by atoms with van der Waals surface area (Å²) >= 11 is 0. The Hall–Kier alpha value is -1.55. The van der Waals surface area contributed by atoms with Crippen LogP contribution in [0.1, 0.15) is 50.7 Å². The largest absolute Gasteiger partial charge is 0.496 e. The minimum absolute atomic E-state index is 0.0634. The van der Waals surface area contributed by atoms with E-state index in [9.17, 15) is 4.79 Å². The predicted molar refractivity (Wildman–Crippen MR) is 93.8 cm³/mol. The third kappa shape index (κ3) is 5.24. The molecule has 2 rings (SSSR count). The van der Waals surface area contributed by atoms with Crippen molar-refractivity contribution in [1.29, 1.82) is 0 Å². The topological polar surface area (TPSA) is 41.6 Å². The molecule has 0 bridgehead atoms. The molecule has 1 fully saturated rings. The Morgan fingerprint density at radius 3 is 2.87 bits per heavy atom. The monoisotopic (exact) mass is 318 g/mol. The number of hydrogen-bond acceptors (Lipinski definition) is 3. The Balaban J connectivity index is 2.02. The number of methoxy groups -OCH3 is 1. The van der Waals surface area contributed by atoms with E-state index in [1.807, 2.05) is 0 Å². The van der Waals surface area contributed by atoms with Crippen LogP contribution in [0.25, 0.3) is 0 Å². The molecule has 1 atom stereocenters. The summed E-state index contributed by atoms with van der Waals surface area (Å²) in [5.41, 5.74) is 2.62. The molecule has 1 saturated heterocycles. The molecular weight excluding hydrogens is 288 g/mol. The molecule has 1 aliphatic rings. The van der Waals surface area contributed by atoms with Gasteiger partial charge >= 0.3 is 0 Å². The average molecular weight is 318 g/mol. The fraction of sp³-hybridized carbons (Fsp3) is 0.632. The first kappa shape index (κ1) is 17.8. The van der Waals surface area contributed by atoms with E-state index < -0.39 is 0 Å². The van der Waals surface area contributed by atoms with Gasteiger partial charge in [-0.05, 0) is 42.9 Å². The number of likely N-dealkylation sites (tertiary alicyclic amines) is 1. The van der Waals surface area contributed by atoms with Gasteiger partial charge in [-0.1, -0.05) is 26.0 Å². The van der Waals surface area contributed by atoms with Gasteiger partial charge < -0.3 is 10.1 Å². The maximum absolute atomic E-state index is 11.1. The molecule has 4 heteroatoms. The van der Waals surface area contributed by atoms with Crippen LogP contribution >= 0.6 is 0 Å². The third-order valence-electron chi connectivity index (χ3n) is 4.61. The van der Waals surface area contributed by atoms with Gasteiger partial charge in [-0.15, -0.1) is 0 Å². The third-order valence-corrected chi connectivity index (χ3v) is 4.61. The lowest BCUT2D eigenvalue weighted by Crippen LogP contribution is -2.40. The molecule has 1 unspecified atom stereocenters. The van der Waals surface area contributed by atoms with Gasteiger partial charge in [0.05, 0.1) is 7.11 Å². The van der Waals surface area contributed by atoms with Gasteiger partial charge in [-0.3, -0.25) is 9.69 Å². The van der Waals surface area contributed by atoms with Crippen molar-refractivity contribution in [3.05, 3.63) is 29.3 Å². The van der Waals surface area contributed by atoms with Gasteiger partial charge in [-0.25, -0.2) is 0 Å². The van der Waals surface area contributed by atoms with Crippen molar-refractivity contribution in [2.75, 3.05) is 26.7 Å². The molecule has 1 amide bonds. The van der Waals surface area contributed by atoms with E-state index in [-0.39, 0.29) is 5.91 Å². The molecule has 0 radical (unpaired) electrons. The first-order chi connectivity index (χ1) is 11.0. The zero-order chi connectivity index (χ0) is 16.8. The van der Waals surface area contributed by atoms with Crippen LogP contribution in [-0.2, 0) is 11.3 Å². The number of ether oxygens (including phenoxy) is 1. The van der Waals surface area contributed by atoms with Gasteiger partial charge in [0.15, 0.2) is 0 Å². The lowest BCUT2D eigenvalue weighted by molar-refractivity contribution is -0.119. The molecule has 1 aromatic carbocycles. The Kier molecular flexibility index (Phi) is 6.46. The van der Waals surface area contributed by atoms with Crippen molar-refractivity contribution in [3.8, 4) is 5.75 Å². The number of nitrogens with zero attached hydrogens (tertiary/aromatic N) is 1. The molecule has 1 aromatic rings. The summed E-state index contributed by atoms with van der Waals surface area (Å²) in [5.74, 6) is 2.10. The Morgan fingerprint density at radius 2 is 2.22 bits per heavy atom. The number of hydrogen-bond donors (Lipinski definition) is 1. The van der Waals surface area contributed by atoms with Gasteiger partial charge in [0.1, 0.15) is 5.75 Å². The molecule has 1 heterocycles. The van der Waals surface area contributed by atoms with Crippen LogP contribution in [0.4, 0.5) is 0 Å². The lowest BCUT2D eigenvalue weighted by atomic mass is 9.96. The van der Waals surface area contributed by atoms with Crippen molar-refractivity contribution in [1.82, 2.24) is 10.2 Å². The number of amides is 1. The normalized spacial score (nSPS) is 18.9. The van der Waals surface area contributed by atoms with E-state index >= 15 is 0 Å². The molecule has 0 saturated carbocycles. The second-order valence-electron chi connectivity index (χ2n) is 6.91. The molecule has 4 nitrogen and oxygen atoms in total. The lowest BCUT2D eigenvalue weighted by Gasteiger charge is -2.33. The number of benzene rings is 1. The second kappa shape index (κ2) is 8.34. The maximum atomic E-state index is 11.1. The van der Waals surface area contributed by atoms with Gasteiger partial charge in [0, 0.05) is 32.1 Å². The fourth-order valence-electron chi connectivity index (χ4n) is 3.27. The molecule has 0 aromatic heterocycles. The number of carbonyl (C=O) groups excluding carboxylic acids is 1. The van der Waals surface area contributed by atoms with Crippen LogP contribution in [0.3, 0.4) is 0 Å². The highest BCUT2D eigenvalue weighted by Gasteiger charge is 2.21. The van der Waals surface area contributed by atoms with Crippen LogP contribution in [0.2, 0.25) is 0 Å². The summed E-state index contributed by atoms with van der Waals surface area (Å²) in [6, 6.07) is 6.52. The van der Waals surface area contributed by atoms with Crippen LogP contribution in [0.5, 0.6) is 5.75 Å². The standard InChI is InChI=1S/C19H30N2O2/c1-14(2)17-7-8-19(23-4)18(10-17)13-21-9-5-6-16(12-21)11-20-15(3)22/h7-8,10,14,16H,5-6,9,11-13H2,1-4H3,(H,20,22). The van der Waals surface area contributed by atoms with E-state index in [1.165, 1.54) is 24.0 Å². The van der Waals surface area contributed by atoms with E-state index in [0.717, 1.165) is 31.9 Å². The molecule has 128 valence electrons. The first-order valence-corrected chi connectivity index (χ1v) is 8.63. The Bertz CT molecular complexity index is 528. The van der Waals surface area contributed by atoms with Crippen LogP contribution in [-0.4, -0.2) is 37.6 Å². The molecule has 1 aliphatic heterocycles. The van der Waals surface area contributed by atoms with Crippen molar-refractivity contribution >= 4 is 5.91 Å². The predicted octanol–water partition coefficient (Wildman–Crippen LogP) is 3.17. The zero-order valence-electron chi connectivity index (χ0n) is 14.9. The minimum atomic E-state index is 0.0634. The quantitative estimate of drug-likeness (QED) is 0.876. The number of carbonyl (C=O) groups is 1. The van der Waals surface area contributed by atoms with Crippen molar-refractivity contribution < 1.29 is 9.53 Å². The SMILES string of the molecule is COc1ccc(C(C)C)cc1CN1CCCC(CNC(C)=O)C1. The highest BCUT2D eigenvalue weighted by atomic mass is 16.5. The van der Waals surface area contributed by atoms with Gasteiger partial charge in [0.2, 0.25) is 5.91 Å². The highest BCUT2D eigenvalue weighted by Crippen LogP contribution is 2.27. The summed E-state index contributed by atoms with van der Waals surface area (Å²) in [4.78, 5) is 13.6. The second-order valence-corrected chi connectivity index (χ2v) is 6.91. The zero-order valence-corrected chi connectivity index (χ0v) is 14.9. The smallest absolute Gasteiger partial charge is 0.216 e. The molecule has 0 aliphatic carbocycles. The number of rotatable bonds is 6. The Labute approximate surface area is 140 Å². The average Bonchev–Trinajstić information content (AvgIpc) is 2.53. The van der Waals surface area contributed by atoms with Gasteiger partial charge in [-0.2, -0.15) is 0 Å². The summed E-state index contributed by atoms with van der Waals surface area (Å²) in [6.45, 7) is 9.88. The van der Waals surface area contributed by atoms with Crippen LogP contribution in [0, 0.1) is 5.92 Å². The van der Waals surface area contributed by atoms with Crippen molar-refractivity contribution in [2.24, 2.45) is 5.92 Å². The fourth-order valence-corrected chi connectivity index (χ4v) is 3.27. The minimum Gasteiger partial charge on any atom is -0.496 e. The number of piperidine rings is 1. The van der Waals surface area contributed by atoms with E-state index in [4.69, 9.17) is 4.74 Å². The summed E-state index contributed by atoms with van der Waals surface area (Å²) in [7, 11) is 1.74. The molecule has 1 N–H and O–H groups in total. The van der Waals surface area contributed by atoms with Crippen molar-refractivity contribution in [2.45, 2.75) is 46.1 Å². The summed E-state index contributed by atoms with van der Waals surface area (Å²) < 4.78 is 5.54. The maximum Gasteiger partial charge on any atom is 0.216 e. The van der Waals surface area contributed by atoms with Crippen LogP contribution < -0.4 is 10.1 Å². The van der Waals surface area contributed by atoms with E-state index in [1.54, 1.807) is 14.0 Å². The number of nitrogens with one attached hydrogen (secondary N) is 1. The molecule has 0 spiro atoms. The van der Waals surface area contributed by atoms with Gasteiger partial charge in [0.25, 0.3) is 0 Å². The molecular formula is C19H30N2O2. The highest BCUT2D eigenvalue weighted by molar-refractivity contribution is 5.72. The Morgan fingerprint density at radius 1 is 1.43 bits per heavy atom. The summed E-state index contributed by atoms with van der Waals surface area (Å²) in [6.07, 6.45) is 2.39. The first-order valence-electron chi connectivity index (χ1n) is 8.63. The van der Waals surface area contributed by atoms with Crippen LogP contribution in [0.15, 0.2) is 18.2 Å².